The first-order valence-electron chi connectivity index (χ1n) is 8.89. The smallest absolute Gasteiger partial charge is 0.371 e. The lowest BCUT2D eigenvalue weighted by Crippen LogP contribution is -2.18. The third-order valence-corrected chi connectivity index (χ3v) is 4.55. The minimum atomic E-state index is -1.10. The van der Waals surface area contributed by atoms with E-state index in [-0.39, 0.29) is 11.8 Å². The Hall–Kier alpha value is -3.25. The number of aromatic carboxylic acids is 1. The van der Waals surface area contributed by atoms with E-state index in [9.17, 15) is 4.79 Å². The van der Waals surface area contributed by atoms with Crippen molar-refractivity contribution in [3.63, 3.8) is 0 Å². The van der Waals surface area contributed by atoms with Gasteiger partial charge < -0.3 is 24.3 Å². The van der Waals surface area contributed by atoms with E-state index in [1.54, 1.807) is 20.3 Å². The van der Waals surface area contributed by atoms with Gasteiger partial charge in [-0.3, -0.25) is 0 Å². The Morgan fingerprint density at radius 1 is 1.11 bits per heavy atom. The van der Waals surface area contributed by atoms with Crippen molar-refractivity contribution in [3.8, 4) is 22.8 Å². The second-order valence-corrected chi connectivity index (χ2v) is 6.38. The molecule has 0 spiro atoms. The molecule has 1 aromatic heterocycles. The standard InChI is InChI=1S/C22H23NO5/c1-14(16-5-4-6-17(12-16)26-2)23-13-15-7-8-19(27-3)18(11-15)20-9-10-21(28-20)22(24)25/h4-12,14,23H,13H2,1-3H3,(H,24,25). The molecule has 0 fully saturated rings. The molecule has 0 bridgehead atoms. The molecule has 2 aromatic carbocycles. The van der Waals surface area contributed by atoms with Crippen molar-refractivity contribution < 1.29 is 23.8 Å². The molecule has 3 rings (SSSR count). The quantitative estimate of drug-likeness (QED) is 0.597. The van der Waals surface area contributed by atoms with Crippen molar-refractivity contribution >= 4 is 5.97 Å². The van der Waals surface area contributed by atoms with Gasteiger partial charge in [0.2, 0.25) is 5.76 Å². The van der Waals surface area contributed by atoms with Gasteiger partial charge in [0.15, 0.2) is 0 Å². The van der Waals surface area contributed by atoms with Crippen molar-refractivity contribution in [3.05, 3.63) is 71.5 Å². The minimum absolute atomic E-state index is 0.104. The van der Waals surface area contributed by atoms with Gasteiger partial charge in [-0.2, -0.15) is 0 Å². The Morgan fingerprint density at radius 3 is 2.61 bits per heavy atom. The highest BCUT2D eigenvalue weighted by molar-refractivity contribution is 5.85. The van der Waals surface area contributed by atoms with Crippen LogP contribution in [-0.4, -0.2) is 25.3 Å². The van der Waals surface area contributed by atoms with Crippen molar-refractivity contribution in [2.24, 2.45) is 0 Å². The summed E-state index contributed by atoms with van der Waals surface area (Å²) in [5.74, 6) is 0.695. The Morgan fingerprint density at radius 2 is 1.93 bits per heavy atom. The molecular weight excluding hydrogens is 358 g/mol. The van der Waals surface area contributed by atoms with Crippen LogP contribution in [0, 0.1) is 0 Å². The number of rotatable bonds is 8. The predicted molar refractivity (Wildman–Crippen MR) is 106 cm³/mol. The Kier molecular flexibility index (Phi) is 6.01. The number of hydrogen-bond acceptors (Lipinski definition) is 5. The second kappa shape index (κ2) is 8.63. The molecule has 1 heterocycles. The number of ether oxygens (including phenoxy) is 2. The van der Waals surface area contributed by atoms with Crippen LogP contribution in [0.1, 0.15) is 34.6 Å². The van der Waals surface area contributed by atoms with E-state index in [1.807, 2.05) is 36.4 Å². The van der Waals surface area contributed by atoms with Gasteiger partial charge in [-0.15, -0.1) is 0 Å². The van der Waals surface area contributed by atoms with E-state index in [4.69, 9.17) is 19.0 Å². The number of hydrogen-bond donors (Lipinski definition) is 2. The SMILES string of the molecule is COc1cccc(C(C)NCc2ccc(OC)c(-c3ccc(C(=O)O)o3)c2)c1. The first-order valence-corrected chi connectivity index (χ1v) is 8.89. The fourth-order valence-electron chi connectivity index (χ4n) is 2.95. The summed E-state index contributed by atoms with van der Waals surface area (Å²) in [5.41, 5.74) is 2.87. The van der Waals surface area contributed by atoms with Crippen molar-refractivity contribution in [1.29, 1.82) is 0 Å². The fourth-order valence-corrected chi connectivity index (χ4v) is 2.95. The molecule has 0 aliphatic carbocycles. The van der Waals surface area contributed by atoms with Gasteiger partial charge in [-0.05, 0) is 54.4 Å². The van der Waals surface area contributed by atoms with Crippen LogP contribution in [0.4, 0.5) is 0 Å². The lowest BCUT2D eigenvalue weighted by Gasteiger charge is -2.16. The number of carboxylic acid groups (broad SMARTS) is 1. The zero-order chi connectivity index (χ0) is 20.1. The first kappa shape index (κ1) is 19.5. The first-order chi connectivity index (χ1) is 13.5. The van der Waals surface area contributed by atoms with E-state index >= 15 is 0 Å². The monoisotopic (exact) mass is 381 g/mol. The molecule has 0 saturated carbocycles. The molecule has 2 N–H and O–H groups in total. The normalized spacial score (nSPS) is 11.8. The molecule has 0 amide bonds. The Bertz CT molecular complexity index is 963. The molecule has 3 aromatic rings. The zero-order valence-electron chi connectivity index (χ0n) is 16.1. The van der Waals surface area contributed by atoms with Crippen LogP contribution < -0.4 is 14.8 Å². The molecule has 6 nitrogen and oxygen atoms in total. The third-order valence-electron chi connectivity index (χ3n) is 4.55. The number of nitrogens with one attached hydrogen (secondary N) is 1. The van der Waals surface area contributed by atoms with Gasteiger partial charge in [-0.25, -0.2) is 4.79 Å². The van der Waals surface area contributed by atoms with Gasteiger partial charge in [0, 0.05) is 12.6 Å². The van der Waals surface area contributed by atoms with Crippen LogP contribution >= 0.6 is 0 Å². The summed E-state index contributed by atoms with van der Waals surface area (Å²) < 4.78 is 16.1. The summed E-state index contributed by atoms with van der Waals surface area (Å²) in [4.78, 5) is 11.1. The number of carbonyl (C=O) groups is 1. The van der Waals surface area contributed by atoms with E-state index in [2.05, 4.69) is 18.3 Å². The average molecular weight is 381 g/mol. The second-order valence-electron chi connectivity index (χ2n) is 6.38. The third kappa shape index (κ3) is 4.35. The predicted octanol–water partition coefficient (Wildman–Crippen LogP) is 4.51. The lowest BCUT2D eigenvalue weighted by molar-refractivity contribution is 0.0663. The number of methoxy groups -OCH3 is 2. The minimum Gasteiger partial charge on any atom is -0.497 e. The Balaban J connectivity index is 1.78. The van der Waals surface area contributed by atoms with Gasteiger partial charge in [-0.1, -0.05) is 18.2 Å². The van der Waals surface area contributed by atoms with E-state index < -0.39 is 5.97 Å². The lowest BCUT2D eigenvalue weighted by atomic mass is 10.1. The number of carboxylic acids is 1. The van der Waals surface area contributed by atoms with Crippen LogP contribution in [0.25, 0.3) is 11.3 Å². The fraction of sp³-hybridized carbons (Fsp3) is 0.227. The van der Waals surface area contributed by atoms with Crippen LogP contribution in [0.2, 0.25) is 0 Å². The number of furan rings is 1. The molecule has 0 saturated heterocycles. The summed E-state index contributed by atoms with van der Waals surface area (Å²) in [7, 11) is 3.23. The van der Waals surface area contributed by atoms with Gasteiger partial charge in [0.25, 0.3) is 0 Å². The zero-order valence-corrected chi connectivity index (χ0v) is 16.1. The van der Waals surface area contributed by atoms with Gasteiger partial charge in [0.1, 0.15) is 17.3 Å². The molecule has 1 unspecified atom stereocenters. The van der Waals surface area contributed by atoms with Crippen molar-refractivity contribution in [2.75, 3.05) is 14.2 Å². The highest BCUT2D eigenvalue weighted by Crippen LogP contribution is 2.32. The highest BCUT2D eigenvalue weighted by Gasteiger charge is 2.15. The van der Waals surface area contributed by atoms with E-state index in [0.29, 0.717) is 23.6 Å². The molecule has 28 heavy (non-hydrogen) atoms. The van der Waals surface area contributed by atoms with Crippen molar-refractivity contribution in [2.45, 2.75) is 19.5 Å². The van der Waals surface area contributed by atoms with Gasteiger partial charge in [0.05, 0.1) is 19.8 Å². The van der Waals surface area contributed by atoms with Crippen LogP contribution in [-0.2, 0) is 6.54 Å². The molecule has 1 atom stereocenters. The Labute approximate surface area is 163 Å². The van der Waals surface area contributed by atoms with Crippen LogP contribution in [0.15, 0.2) is 59.0 Å². The van der Waals surface area contributed by atoms with Crippen LogP contribution in [0.3, 0.4) is 0 Å². The maximum atomic E-state index is 11.1. The molecule has 0 radical (unpaired) electrons. The molecule has 6 heteroatoms. The van der Waals surface area contributed by atoms with E-state index in [0.717, 1.165) is 16.9 Å². The van der Waals surface area contributed by atoms with Crippen molar-refractivity contribution in [1.82, 2.24) is 5.32 Å². The summed E-state index contributed by atoms with van der Waals surface area (Å²) in [6.07, 6.45) is 0. The number of benzene rings is 2. The highest BCUT2D eigenvalue weighted by atomic mass is 16.5. The molecular formula is C22H23NO5. The largest absolute Gasteiger partial charge is 0.497 e. The summed E-state index contributed by atoms with van der Waals surface area (Å²) in [6, 6.07) is 16.9. The topological polar surface area (TPSA) is 80.9 Å². The summed E-state index contributed by atoms with van der Waals surface area (Å²) >= 11 is 0. The van der Waals surface area contributed by atoms with E-state index in [1.165, 1.54) is 6.07 Å². The van der Waals surface area contributed by atoms with Gasteiger partial charge >= 0.3 is 5.97 Å². The molecule has 146 valence electrons. The summed E-state index contributed by atoms with van der Waals surface area (Å²) in [5, 5.41) is 12.6. The molecule has 0 aliphatic rings. The van der Waals surface area contributed by atoms with Crippen LogP contribution in [0.5, 0.6) is 11.5 Å². The average Bonchev–Trinajstić information content (AvgIpc) is 3.22. The maximum Gasteiger partial charge on any atom is 0.371 e. The summed E-state index contributed by atoms with van der Waals surface area (Å²) in [6.45, 7) is 2.72. The maximum absolute atomic E-state index is 11.1. The molecule has 0 aliphatic heterocycles.